The van der Waals surface area contributed by atoms with Gasteiger partial charge in [0.05, 0.1) is 22.0 Å². The number of anilines is 1. The Kier molecular flexibility index (Phi) is 4.20. The zero-order valence-corrected chi connectivity index (χ0v) is 14.8. The maximum atomic E-state index is 13.1. The number of nitrogens with zero attached hydrogens (tertiary/aromatic N) is 2. The molecule has 0 atom stereocenters. The van der Waals surface area contributed by atoms with Gasteiger partial charge in [-0.15, -0.1) is 0 Å². The van der Waals surface area contributed by atoms with Crippen molar-refractivity contribution in [2.24, 2.45) is 0 Å². The number of halogens is 1. The fourth-order valence-corrected chi connectivity index (χ4v) is 4.72. The number of fused-ring (bicyclic) bond motifs is 1. The second kappa shape index (κ2) is 6.53. The summed E-state index contributed by atoms with van der Waals surface area (Å²) in [5.41, 5.74) is 2.88. The van der Waals surface area contributed by atoms with E-state index in [1.807, 2.05) is 0 Å². The molecule has 2 aromatic carbocycles. The molecule has 0 radical (unpaired) electrons. The van der Waals surface area contributed by atoms with E-state index in [0.717, 1.165) is 11.3 Å². The van der Waals surface area contributed by atoms with Crippen molar-refractivity contribution in [3.63, 3.8) is 0 Å². The highest BCUT2D eigenvalue weighted by Crippen LogP contribution is 2.32. The van der Waals surface area contributed by atoms with Gasteiger partial charge >= 0.3 is 0 Å². The average Bonchev–Trinajstić information content (AvgIpc) is 2.68. The van der Waals surface area contributed by atoms with Crippen LogP contribution in [0.25, 0.3) is 11.3 Å². The first-order valence-electron chi connectivity index (χ1n) is 8.39. The van der Waals surface area contributed by atoms with E-state index in [1.165, 1.54) is 16.4 Å². The highest BCUT2D eigenvalue weighted by Gasteiger charge is 2.29. The first-order valence-corrected chi connectivity index (χ1v) is 9.83. The van der Waals surface area contributed by atoms with Crippen molar-refractivity contribution in [1.82, 2.24) is 4.98 Å². The summed E-state index contributed by atoms with van der Waals surface area (Å²) >= 11 is 0. The molecule has 0 saturated carbocycles. The zero-order chi connectivity index (χ0) is 18.1. The van der Waals surface area contributed by atoms with Crippen LogP contribution in [0.1, 0.15) is 12.1 Å². The van der Waals surface area contributed by atoms with E-state index in [0.29, 0.717) is 30.8 Å². The second-order valence-corrected chi connectivity index (χ2v) is 8.03. The Morgan fingerprint density at radius 1 is 0.923 bits per heavy atom. The number of aryl methyl sites for hydroxylation is 1. The molecule has 3 aromatic rings. The molecular weight excluding hydrogens is 351 g/mol. The van der Waals surface area contributed by atoms with Crippen molar-refractivity contribution in [1.29, 1.82) is 0 Å². The van der Waals surface area contributed by atoms with Gasteiger partial charge in [-0.1, -0.05) is 18.2 Å². The fraction of sp³-hybridized carbons (Fsp3) is 0.150. The normalized spacial score (nSPS) is 14.1. The van der Waals surface area contributed by atoms with Gasteiger partial charge in [-0.3, -0.25) is 9.29 Å². The van der Waals surface area contributed by atoms with Crippen LogP contribution >= 0.6 is 0 Å². The molecule has 132 valence electrons. The van der Waals surface area contributed by atoms with Crippen molar-refractivity contribution in [2.45, 2.75) is 17.7 Å². The maximum absolute atomic E-state index is 13.1. The van der Waals surface area contributed by atoms with Crippen LogP contribution in [0.3, 0.4) is 0 Å². The van der Waals surface area contributed by atoms with E-state index < -0.39 is 10.0 Å². The summed E-state index contributed by atoms with van der Waals surface area (Å²) in [6, 6.07) is 18.1. The van der Waals surface area contributed by atoms with E-state index >= 15 is 0 Å². The minimum atomic E-state index is -3.61. The topological polar surface area (TPSA) is 50.3 Å². The maximum Gasteiger partial charge on any atom is 0.264 e. The Morgan fingerprint density at radius 3 is 2.38 bits per heavy atom. The van der Waals surface area contributed by atoms with E-state index in [1.54, 1.807) is 54.6 Å². The van der Waals surface area contributed by atoms with Gasteiger partial charge in [0.2, 0.25) is 0 Å². The van der Waals surface area contributed by atoms with Crippen molar-refractivity contribution in [3.05, 3.63) is 78.2 Å². The van der Waals surface area contributed by atoms with Crippen molar-refractivity contribution in [2.75, 3.05) is 10.8 Å². The van der Waals surface area contributed by atoms with Gasteiger partial charge in [0.1, 0.15) is 5.82 Å². The lowest BCUT2D eigenvalue weighted by molar-refractivity contribution is 0.585. The minimum absolute atomic E-state index is 0.274. The number of hydrogen-bond acceptors (Lipinski definition) is 3. The van der Waals surface area contributed by atoms with Crippen molar-refractivity contribution in [3.8, 4) is 11.3 Å². The Morgan fingerprint density at radius 2 is 1.65 bits per heavy atom. The fourth-order valence-electron chi connectivity index (χ4n) is 3.17. The minimum Gasteiger partial charge on any atom is -0.264 e. The van der Waals surface area contributed by atoms with Crippen LogP contribution in [0.4, 0.5) is 10.1 Å². The number of benzene rings is 2. The van der Waals surface area contributed by atoms with Crippen LogP contribution in [0.2, 0.25) is 0 Å². The van der Waals surface area contributed by atoms with Gasteiger partial charge in [-0.2, -0.15) is 0 Å². The Hall–Kier alpha value is -2.73. The molecule has 6 heteroatoms. The summed E-state index contributed by atoms with van der Waals surface area (Å²) in [5.74, 6) is -0.299. The summed E-state index contributed by atoms with van der Waals surface area (Å²) in [4.78, 5) is 4.92. The molecule has 0 spiro atoms. The van der Waals surface area contributed by atoms with Gasteiger partial charge in [0, 0.05) is 12.1 Å². The molecular formula is C20H17FN2O2S. The molecule has 26 heavy (non-hydrogen) atoms. The zero-order valence-electron chi connectivity index (χ0n) is 14.0. The number of hydrogen-bond donors (Lipinski definition) is 0. The Balaban J connectivity index is 1.74. The quantitative estimate of drug-likeness (QED) is 0.701. The molecule has 0 fully saturated rings. The molecule has 2 heterocycles. The monoisotopic (exact) mass is 368 g/mol. The Labute approximate surface area is 152 Å². The molecule has 1 aromatic heterocycles. The van der Waals surface area contributed by atoms with Gasteiger partial charge in [-0.05, 0) is 61.4 Å². The highest BCUT2D eigenvalue weighted by atomic mass is 32.2. The molecule has 0 amide bonds. The van der Waals surface area contributed by atoms with Crippen LogP contribution < -0.4 is 4.31 Å². The molecule has 0 unspecified atom stereocenters. The number of sulfonamides is 1. The summed E-state index contributed by atoms with van der Waals surface area (Å²) < 4.78 is 40.6. The van der Waals surface area contributed by atoms with Crippen LogP contribution in [0.15, 0.2) is 71.6 Å². The van der Waals surface area contributed by atoms with E-state index in [-0.39, 0.29) is 10.7 Å². The number of pyridine rings is 1. The molecule has 4 nitrogen and oxygen atoms in total. The standard InChI is InChI=1S/C20H17FN2O2S/c21-16-10-8-15(9-11-16)18-12-13-20-19(22-18)7-4-14-23(20)26(24,25)17-5-2-1-3-6-17/h1-3,5-6,8-13H,4,7,14H2. The van der Waals surface area contributed by atoms with Gasteiger partial charge in [0.25, 0.3) is 10.0 Å². The third-order valence-corrected chi connectivity index (χ3v) is 6.29. The largest absolute Gasteiger partial charge is 0.264 e. The van der Waals surface area contributed by atoms with Gasteiger partial charge < -0.3 is 0 Å². The van der Waals surface area contributed by atoms with E-state index in [4.69, 9.17) is 0 Å². The molecule has 1 aliphatic rings. The lowest BCUT2D eigenvalue weighted by atomic mass is 10.1. The Bertz CT molecular complexity index is 1040. The summed E-state index contributed by atoms with van der Waals surface area (Å²) in [6.45, 7) is 0.432. The van der Waals surface area contributed by atoms with Crippen molar-refractivity contribution < 1.29 is 12.8 Å². The third kappa shape index (κ3) is 2.97. The van der Waals surface area contributed by atoms with Gasteiger partial charge in [-0.25, -0.2) is 12.8 Å². The number of aromatic nitrogens is 1. The molecule has 0 aliphatic carbocycles. The molecule has 0 N–H and O–H groups in total. The predicted molar refractivity (Wildman–Crippen MR) is 98.9 cm³/mol. The lowest BCUT2D eigenvalue weighted by Gasteiger charge is -2.30. The predicted octanol–water partition coefficient (Wildman–Crippen LogP) is 4.03. The van der Waals surface area contributed by atoms with Crippen LogP contribution in [0, 0.1) is 5.82 Å². The van der Waals surface area contributed by atoms with E-state index in [9.17, 15) is 12.8 Å². The first kappa shape index (κ1) is 16.7. The molecule has 0 bridgehead atoms. The SMILES string of the molecule is O=S(=O)(c1ccccc1)N1CCCc2nc(-c3ccc(F)cc3)ccc21. The summed E-state index contributed by atoms with van der Waals surface area (Å²) in [6.07, 6.45) is 1.42. The lowest BCUT2D eigenvalue weighted by Crippen LogP contribution is -2.35. The smallest absolute Gasteiger partial charge is 0.264 e. The average molecular weight is 368 g/mol. The first-order chi connectivity index (χ1) is 12.6. The van der Waals surface area contributed by atoms with Crippen LogP contribution in [-0.2, 0) is 16.4 Å². The van der Waals surface area contributed by atoms with Crippen LogP contribution in [-0.4, -0.2) is 19.9 Å². The van der Waals surface area contributed by atoms with Crippen molar-refractivity contribution >= 4 is 15.7 Å². The summed E-state index contributed by atoms with van der Waals surface area (Å²) in [7, 11) is -3.61. The molecule has 1 aliphatic heterocycles. The number of rotatable bonds is 3. The third-order valence-electron chi connectivity index (χ3n) is 4.46. The highest BCUT2D eigenvalue weighted by molar-refractivity contribution is 7.92. The molecule has 4 rings (SSSR count). The second-order valence-electron chi connectivity index (χ2n) is 6.16. The van der Waals surface area contributed by atoms with Crippen LogP contribution in [0.5, 0.6) is 0 Å². The summed E-state index contributed by atoms with van der Waals surface area (Å²) in [5, 5.41) is 0. The van der Waals surface area contributed by atoms with E-state index in [2.05, 4.69) is 4.98 Å². The van der Waals surface area contributed by atoms with Gasteiger partial charge in [0.15, 0.2) is 0 Å². The molecule has 0 saturated heterocycles.